The molecule has 0 radical (unpaired) electrons. The molecular formula is C61H38S2. The van der Waals surface area contributed by atoms with E-state index in [4.69, 9.17) is 0 Å². The molecule has 1 aliphatic carbocycles. The molecule has 63 heavy (non-hydrogen) atoms. The van der Waals surface area contributed by atoms with Crippen LogP contribution in [-0.4, -0.2) is 0 Å². The van der Waals surface area contributed by atoms with Crippen molar-refractivity contribution in [2.24, 2.45) is 0 Å². The highest BCUT2D eigenvalue weighted by Crippen LogP contribution is 2.53. The monoisotopic (exact) mass is 834 g/mol. The maximum absolute atomic E-state index is 2.50. The van der Waals surface area contributed by atoms with Crippen molar-refractivity contribution in [2.45, 2.75) is 19.3 Å². The van der Waals surface area contributed by atoms with Crippen LogP contribution in [0.1, 0.15) is 25.0 Å². The predicted molar refractivity (Wildman–Crippen MR) is 276 cm³/mol. The van der Waals surface area contributed by atoms with Gasteiger partial charge in [-0.15, -0.1) is 22.7 Å². The number of thiophene rings is 2. The molecule has 1 aliphatic rings. The molecule has 0 saturated carbocycles. The van der Waals surface area contributed by atoms with Crippen LogP contribution in [0.4, 0.5) is 0 Å². The van der Waals surface area contributed by atoms with E-state index in [1.54, 1.807) is 0 Å². The number of benzene rings is 11. The van der Waals surface area contributed by atoms with Gasteiger partial charge in [-0.25, -0.2) is 0 Å². The summed E-state index contributed by atoms with van der Waals surface area (Å²) in [5.74, 6) is 0. The largest absolute Gasteiger partial charge is 0.135 e. The van der Waals surface area contributed by atoms with Gasteiger partial charge < -0.3 is 0 Å². The van der Waals surface area contributed by atoms with E-state index in [-0.39, 0.29) is 5.41 Å². The molecule has 0 N–H and O–H groups in total. The summed E-state index contributed by atoms with van der Waals surface area (Å²) < 4.78 is 5.42. The molecule has 0 fully saturated rings. The molecule has 14 rings (SSSR count). The Morgan fingerprint density at radius 3 is 1.63 bits per heavy atom. The molecule has 0 amide bonds. The third kappa shape index (κ3) is 5.02. The zero-order valence-corrected chi connectivity index (χ0v) is 36.4. The van der Waals surface area contributed by atoms with E-state index in [1.165, 1.54) is 139 Å². The van der Waals surface area contributed by atoms with Gasteiger partial charge in [0, 0.05) is 51.1 Å². The molecule has 0 nitrogen and oxygen atoms in total. The van der Waals surface area contributed by atoms with Gasteiger partial charge in [0.15, 0.2) is 0 Å². The molecule has 2 heterocycles. The number of fused-ring (bicyclic) bond motifs is 14. The van der Waals surface area contributed by atoms with Gasteiger partial charge >= 0.3 is 0 Å². The van der Waals surface area contributed by atoms with Gasteiger partial charge in [0.2, 0.25) is 0 Å². The van der Waals surface area contributed by atoms with Crippen LogP contribution in [0, 0.1) is 0 Å². The molecule has 0 saturated heterocycles. The Balaban J connectivity index is 0.887. The smallest absolute Gasteiger partial charge is 0.0434 e. The highest BCUT2D eigenvalue weighted by molar-refractivity contribution is 7.27. The van der Waals surface area contributed by atoms with Crippen LogP contribution >= 0.6 is 22.7 Å². The third-order valence-corrected chi connectivity index (χ3v) is 16.6. The minimum atomic E-state index is -0.180. The van der Waals surface area contributed by atoms with Gasteiger partial charge in [-0.3, -0.25) is 0 Å². The van der Waals surface area contributed by atoms with E-state index in [1.807, 2.05) is 22.7 Å². The molecule has 2 aromatic heterocycles. The van der Waals surface area contributed by atoms with Crippen LogP contribution in [0.3, 0.4) is 0 Å². The first-order valence-electron chi connectivity index (χ1n) is 21.9. The van der Waals surface area contributed by atoms with Crippen LogP contribution in [0.15, 0.2) is 194 Å². The Morgan fingerprint density at radius 1 is 0.302 bits per heavy atom. The van der Waals surface area contributed by atoms with Gasteiger partial charge in [-0.2, -0.15) is 0 Å². The Hall–Kier alpha value is -7.10. The van der Waals surface area contributed by atoms with Gasteiger partial charge in [-0.05, 0) is 136 Å². The SMILES string of the molecule is CC1(C)c2cc(-c3ccc4sc5c6cc7c(cc6ccc5c4c3)sc3ccccc37)ccc2-c2ccc(-c3c4ccccc4c(-c4cccc5ccccc45)c4ccccc34)cc21. The maximum Gasteiger partial charge on any atom is 0.0434 e. The van der Waals surface area contributed by atoms with Crippen molar-refractivity contribution in [1.82, 2.24) is 0 Å². The van der Waals surface area contributed by atoms with Gasteiger partial charge in [0.1, 0.15) is 0 Å². The van der Waals surface area contributed by atoms with Crippen molar-refractivity contribution >= 4 is 106 Å². The lowest BCUT2D eigenvalue weighted by atomic mass is 9.80. The van der Waals surface area contributed by atoms with Crippen LogP contribution < -0.4 is 0 Å². The van der Waals surface area contributed by atoms with Crippen molar-refractivity contribution in [3.8, 4) is 44.5 Å². The van der Waals surface area contributed by atoms with Crippen LogP contribution in [0.2, 0.25) is 0 Å². The average molecular weight is 835 g/mol. The lowest BCUT2D eigenvalue weighted by Crippen LogP contribution is -2.15. The second-order valence-electron chi connectivity index (χ2n) is 17.9. The molecule has 0 aliphatic heterocycles. The topological polar surface area (TPSA) is 0 Å². The van der Waals surface area contributed by atoms with E-state index in [9.17, 15) is 0 Å². The average Bonchev–Trinajstić information content (AvgIpc) is 3.96. The van der Waals surface area contributed by atoms with E-state index < -0.39 is 0 Å². The second kappa shape index (κ2) is 13.0. The summed E-state index contributed by atoms with van der Waals surface area (Å²) >= 11 is 3.82. The van der Waals surface area contributed by atoms with Crippen molar-refractivity contribution in [2.75, 3.05) is 0 Å². The molecule has 0 atom stereocenters. The van der Waals surface area contributed by atoms with Crippen LogP contribution in [0.5, 0.6) is 0 Å². The number of hydrogen-bond acceptors (Lipinski definition) is 2. The van der Waals surface area contributed by atoms with Gasteiger partial charge in [-0.1, -0.05) is 166 Å². The lowest BCUT2D eigenvalue weighted by Gasteiger charge is -2.23. The summed E-state index contributed by atoms with van der Waals surface area (Å²) in [5.41, 5.74) is 13.0. The number of rotatable bonds is 3. The summed E-state index contributed by atoms with van der Waals surface area (Å²) in [7, 11) is 0. The van der Waals surface area contributed by atoms with E-state index in [2.05, 4.69) is 208 Å². The molecule has 294 valence electrons. The van der Waals surface area contributed by atoms with E-state index in [0.29, 0.717) is 0 Å². The molecule has 0 unspecified atom stereocenters. The summed E-state index contributed by atoms with van der Waals surface area (Å²) in [6.45, 7) is 4.83. The summed E-state index contributed by atoms with van der Waals surface area (Å²) in [4.78, 5) is 0. The highest BCUT2D eigenvalue weighted by Gasteiger charge is 2.36. The highest BCUT2D eigenvalue weighted by atomic mass is 32.1. The van der Waals surface area contributed by atoms with Crippen molar-refractivity contribution in [3.63, 3.8) is 0 Å². The van der Waals surface area contributed by atoms with Crippen molar-refractivity contribution in [1.29, 1.82) is 0 Å². The first-order chi connectivity index (χ1) is 31.0. The Bertz CT molecular complexity index is 4060. The molecule has 0 bridgehead atoms. The quantitative estimate of drug-likeness (QED) is 0.156. The lowest BCUT2D eigenvalue weighted by molar-refractivity contribution is 0.661. The molecule has 13 aromatic rings. The molecule has 0 spiro atoms. The van der Waals surface area contributed by atoms with Crippen molar-refractivity contribution in [3.05, 3.63) is 205 Å². The van der Waals surface area contributed by atoms with Crippen LogP contribution in [0.25, 0.3) is 128 Å². The fraction of sp³-hybridized carbons (Fsp3) is 0.0492. The summed E-state index contributed by atoms with van der Waals surface area (Å²) in [6.07, 6.45) is 0. The zero-order chi connectivity index (χ0) is 41.6. The second-order valence-corrected chi connectivity index (χ2v) is 20.1. The fourth-order valence-electron chi connectivity index (χ4n) is 11.2. The predicted octanol–water partition coefficient (Wildman–Crippen LogP) is 18.3. The summed E-state index contributed by atoms with van der Waals surface area (Å²) in [5, 5.41) is 15.7. The first-order valence-corrected chi connectivity index (χ1v) is 23.5. The normalized spacial score (nSPS) is 13.4. The fourth-order valence-corrected chi connectivity index (χ4v) is 13.5. The number of hydrogen-bond donors (Lipinski definition) is 0. The Kier molecular flexibility index (Phi) is 7.31. The van der Waals surface area contributed by atoms with Crippen LogP contribution in [-0.2, 0) is 5.41 Å². The standard InChI is InChI=1S/C61H38S2/c1-61(2)53-31-37(36-25-29-56-51(30-36)49-28-23-38-33-57-52(34-50(38)60(49)63-56)43-15-9-10-21-55(43)62-57)22-26-41(53)42-27-24-39(32-54(42)61)58-45-16-5-7-18-47(45)59(48-19-8-6-17-46(48)58)44-20-11-13-35-12-3-4-14-40(35)44/h3-34H,1-2H3. The maximum atomic E-state index is 2.50. The third-order valence-electron chi connectivity index (χ3n) is 14.2. The van der Waals surface area contributed by atoms with E-state index >= 15 is 0 Å². The summed E-state index contributed by atoms with van der Waals surface area (Å²) in [6, 6.07) is 73.5. The molecule has 2 heteroatoms. The zero-order valence-electron chi connectivity index (χ0n) is 34.8. The molecule has 11 aromatic carbocycles. The Labute approximate surface area is 372 Å². The van der Waals surface area contributed by atoms with Gasteiger partial charge in [0.05, 0.1) is 0 Å². The minimum Gasteiger partial charge on any atom is -0.135 e. The Morgan fingerprint density at radius 2 is 0.873 bits per heavy atom. The first kappa shape index (κ1) is 35.5. The van der Waals surface area contributed by atoms with E-state index in [0.717, 1.165) is 0 Å². The van der Waals surface area contributed by atoms with Gasteiger partial charge in [0.25, 0.3) is 0 Å². The molecular weight excluding hydrogens is 797 g/mol. The minimum absolute atomic E-state index is 0.180. The van der Waals surface area contributed by atoms with Crippen molar-refractivity contribution < 1.29 is 0 Å².